The average Bonchev–Trinajstić information content (AvgIpc) is 3.49. The van der Waals surface area contributed by atoms with Crippen molar-refractivity contribution in [1.29, 1.82) is 0 Å². The molecule has 172 valence electrons. The number of aromatic hydroxyl groups is 2. The van der Waals surface area contributed by atoms with Crippen molar-refractivity contribution in [2.45, 2.75) is 65.5 Å². The highest BCUT2D eigenvalue weighted by molar-refractivity contribution is 5.91. The second-order valence-electron chi connectivity index (χ2n) is 9.32. The van der Waals surface area contributed by atoms with Gasteiger partial charge in [-0.1, -0.05) is 38.1 Å². The molecule has 2 aromatic carbocycles. The molecule has 4 rings (SSSR count). The zero-order valence-electron chi connectivity index (χ0n) is 19.7. The first-order valence-electron chi connectivity index (χ1n) is 12.4. The smallest absolute Gasteiger partial charge is 0.120 e. The van der Waals surface area contributed by atoms with Gasteiger partial charge in [-0.15, -0.1) is 0 Å². The molecule has 0 aromatic heterocycles. The summed E-state index contributed by atoms with van der Waals surface area (Å²) in [5, 5.41) is 21.5. The second-order valence-corrected chi connectivity index (χ2v) is 9.32. The van der Waals surface area contributed by atoms with E-state index in [4.69, 9.17) is 0 Å². The fraction of sp³-hybridized carbons (Fsp3) is 0.500. The van der Waals surface area contributed by atoms with Gasteiger partial charge in [0.25, 0.3) is 0 Å². The van der Waals surface area contributed by atoms with Crippen molar-refractivity contribution in [3.05, 3.63) is 58.7 Å². The molecule has 0 aliphatic carbocycles. The summed E-state index contributed by atoms with van der Waals surface area (Å²) in [5.74, 6) is 0.777. The van der Waals surface area contributed by atoms with Crippen molar-refractivity contribution in [2.24, 2.45) is 0 Å². The van der Waals surface area contributed by atoms with E-state index in [1.54, 1.807) is 0 Å². The molecule has 0 bridgehead atoms. The van der Waals surface area contributed by atoms with Crippen molar-refractivity contribution in [2.75, 3.05) is 26.2 Å². The Morgan fingerprint density at radius 1 is 0.656 bits per heavy atom. The predicted molar refractivity (Wildman–Crippen MR) is 133 cm³/mol. The summed E-state index contributed by atoms with van der Waals surface area (Å²) in [6, 6.07) is 12.3. The molecule has 2 aliphatic rings. The van der Waals surface area contributed by atoms with Crippen LogP contribution in [0, 0.1) is 0 Å². The Balaban J connectivity index is 1.59. The van der Waals surface area contributed by atoms with Crippen molar-refractivity contribution in [1.82, 2.24) is 9.80 Å². The number of phenols is 2. The van der Waals surface area contributed by atoms with Crippen molar-refractivity contribution < 1.29 is 10.2 Å². The monoisotopic (exact) mass is 434 g/mol. The lowest BCUT2D eigenvalue weighted by molar-refractivity contribution is 0.324. The Bertz CT molecular complexity index is 876. The molecule has 2 heterocycles. The maximum Gasteiger partial charge on any atom is 0.120 e. The van der Waals surface area contributed by atoms with E-state index < -0.39 is 0 Å². The molecule has 2 aromatic rings. The van der Waals surface area contributed by atoms with Crippen LogP contribution in [0.2, 0.25) is 0 Å². The maximum absolute atomic E-state index is 10.7. The quantitative estimate of drug-likeness (QED) is 0.499. The minimum atomic E-state index is 0.389. The van der Waals surface area contributed by atoms with E-state index in [-0.39, 0.29) is 0 Å². The lowest BCUT2D eigenvalue weighted by Crippen LogP contribution is -2.18. The standard InChI is InChI=1S/C28H38N2O2/c1-3-25(21-9-11-23(27(31)17-21)19-29-13-5-6-14-29)26(4-2)22-10-12-24(28(32)18-22)20-30-15-7-8-16-30/h9-12,17-18,31-32H,3-8,13-16,19-20H2,1-2H3/b26-25+. The molecule has 0 amide bonds. The van der Waals surface area contributed by atoms with E-state index >= 15 is 0 Å². The van der Waals surface area contributed by atoms with Gasteiger partial charge < -0.3 is 10.2 Å². The minimum absolute atomic E-state index is 0.389. The van der Waals surface area contributed by atoms with E-state index in [9.17, 15) is 10.2 Å². The first kappa shape index (κ1) is 22.9. The molecular formula is C28H38N2O2. The van der Waals surface area contributed by atoms with Gasteiger partial charge in [-0.2, -0.15) is 0 Å². The second kappa shape index (κ2) is 10.5. The Hall–Kier alpha value is -2.30. The van der Waals surface area contributed by atoms with Gasteiger partial charge in [0.05, 0.1) is 0 Å². The maximum atomic E-state index is 10.7. The number of phenolic OH excluding ortho intramolecular Hbond substituents is 2. The van der Waals surface area contributed by atoms with E-state index in [0.717, 1.165) is 74.4 Å². The summed E-state index contributed by atoms with van der Waals surface area (Å²) < 4.78 is 0. The van der Waals surface area contributed by atoms with Crippen LogP contribution in [0.15, 0.2) is 36.4 Å². The highest BCUT2D eigenvalue weighted by Crippen LogP contribution is 2.36. The normalized spacial score (nSPS) is 18.3. The lowest BCUT2D eigenvalue weighted by Gasteiger charge is -2.19. The lowest BCUT2D eigenvalue weighted by atomic mass is 9.90. The third-order valence-corrected chi connectivity index (χ3v) is 7.12. The molecule has 4 nitrogen and oxygen atoms in total. The van der Waals surface area contributed by atoms with E-state index in [1.807, 2.05) is 12.1 Å². The fourth-order valence-corrected chi connectivity index (χ4v) is 5.32. The summed E-state index contributed by atoms with van der Waals surface area (Å²) >= 11 is 0. The zero-order chi connectivity index (χ0) is 22.5. The summed E-state index contributed by atoms with van der Waals surface area (Å²) in [5.41, 5.74) is 6.64. The van der Waals surface area contributed by atoms with Crippen molar-refractivity contribution >= 4 is 11.1 Å². The summed E-state index contributed by atoms with van der Waals surface area (Å²) in [4.78, 5) is 4.82. The van der Waals surface area contributed by atoms with E-state index in [1.165, 1.54) is 36.8 Å². The van der Waals surface area contributed by atoms with Crippen molar-refractivity contribution in [3.63, 3.8) is 0 Å². The van der Waals surface area contributed by atoms with Crippen molar-refractivity contribution in [3.8, 4) is 11.5 Å². The van der Waals surface area contributed by atoms with Crippen LogP contribution in [-0.4, -0.2) is 46.2 Å². The molecule has 0 unspecified atom stereocenters. The van der Waals surface area contributed by atoms with Gasteiger partial charge >= 0.3 is 0 Å². The van der Waals surface area contributed by atoms with Crippen LogP contribution in [0.25, 0.3) is 11.1 Å². The van der Waals surface area contributed by atoms with Crippen LogP contribution < -0.4 is 0 Å². The predicted octanol–water partition coefficient (Wildman–Crippen LogP) is 6.02. The molecule has 2 fully saturated rings. The molecule has 0 atom stereocenters. The highest BCUT2D eigenvalue weighted by atomic mass is 16.3. The number of rotatable bonds is 8. The molecule has 32 heavy (non-hydrogen) atoms. The Labute approximate surface area is 193 Å². The van der Waals surface area contributed by atoms with Gasteiger partial charge in [-0.25, -0.2) is 0 Å². The van der Waals surface area contributed by atoms with Crippen LogP contribution >= 0.6 is 0 Å². The third-order valence-electron chi connectivity index (χ3n) is 7.12. The van der Waals surface area contributed by atoms with E-state index in [0.29, 0.717) is 11.5 Å². The molecule has 0 spiro atoms. The first-order valence-corrected chi connectivity index (χ1v) is 12.4. The number of nitrogens with zero attached hydrogens (tertiary/aromatic N) is 2. The summed E-state index contributed by atoms with van der Waals surface area (Å²) in [7, 11) is 0. The summed E-state index contributed by atoms with van der Waals surface area (Å²) in [6.07, 6.45) is 6.78. The van der Waals surface area contributed by atoms with Gasteiger partial charge in [0.1, 0.15) is 11.5 Å². The molecular weight excluding hydrogens is 396 g/mol. The number of benzene rings is 2. The number of hydrogen-bond acceptors (Lipinski definition) is 4. The topological polar surface area (TPSA) is 46.9 Å². The molecule has 2 saturated heterocycles. The van der Waals surface area contributed by atoms with Gasteiger partial charge in [0, 0.05) is 24.2 Å². The van der Waals surface area contributed by atoms with Crippen LogP contribution in [0.3, 0.4) is 0 Å². The molecule has 4 heteroatoms. The Morgan fingerprint density at radius 2 is 1.03 bits per heavy atom. The fourth-order valence-electron chi connectivity index (χ4n) is 5.32. The molecule has 2 N–H and O–H groups in total. The van der Waals surface area contributed by atoms with Gasteiger partial charge in [-0.05, 0) is 99.1 Å². The van der Waals surface area contributed by atoms with Crippen LogP contribution in [-0.2, 0) is 13.1 Å². The van der Waals surface area contributed by atoms with Crippen LogP contribution in [0.1, 0.15) is 74.6 Å². The highest BCUT2D eigenvalue weighted by Gasteiger charge is 2.17. The largest absolute Gasteiger partial charge is 0.508 e. The van der Waals surface area contributed by atoms with Crippen LogP contribution in [0.4, 0.5) is 0 Å². The van der Waals surface area contributed by atoms with Crippen LogP contribution in [0.5, 0.6) is 11.5 Å². The average molecular weight is 435 g/mol. The van der Waals surface area contributed by atoms with Gasteiger partial charge in [0.15, 0.2) is 0 Å². The first-order chi connectivity index (χ1) is 15.6. The Morgan fingerprint density at radius 3 is 1.34 bits per heavy atom. The number of hydrogen-bond donors (Lipinski definition) is 2. The summed E-state index contributed by atoms with van der Waals surface area (Å²) in [6.45, 7) is 10.5. The number of allylic oxidation sites excluding steroid dienone is 2. The minimum Gasteiger partial charge on any atom is -0.508 e. The Kier molecular flexibility index (Phi) is 7.54. The molecule has 2 aliphatic heterocycles. The molecule has 0 saturated carbocycles. The zero-order valence-corrected chi connectivity index (χ0v) is 19.7. The van der Waals surface area contributed by atoms with E-state index in [2.05, 4.69) is 47.9 Å². The molecule has 0 radical (unpaired) electrons. The third kappa shape index (κ3) is 5.19. The SMILES string of the molecule is CC/C(=C(/CC)c1ccc(CN2CCCC2)c(O)c1)c1ccc(CN2CCCC2)c(O)c1. The van der Waals surface area contributed by atoms with Gasteiger partial charge in [0.2, 0.25) is 0 Å². The van der Waals surface area contributed by atoms with Gasteiger partial charge in [-0.3, -0.25) is 9.80 Å². The number of likely N-dealkylation sites (tertiary alicyclic amines) is 2.